The Bertz CT molecular complexity index is 842. The summed E-state index contributed by atoms with van der Waals surface area (Å²) in [5.41, 5.74) is 6.53. The highest BCUT2D eigenvalue weighted by atomic mass is 16.4. The maximum atomic E-state index is 12.0. The largest absolute Gasteiger partial charge is 0.508 e. The van der Waals surface area contributed by atoms with E-state index < -0.39 is 61.3 Å². The van der Waals surface area contributed by atoms with E-state index in [2.05, 4.69) is 21.3 Å². The molecule has 0 unspecified atom stereocenters. The van der Waals surface area contributed by atoms with Crippen LogP contribution in [0.4, 0.5) is 0 Å². The van der Waals surface area contributed by atoms with E-state index in [1.54, 1.807) is 12.1 Å². The number of nitrogens with one attached hydrogen (secondary N) is 4. The summed E-state index contributed by atoms with van der Waals surface area (Å²) in [4.78, 5) is 58.6. The standard InChI is InChI=1S/C21H31N5O7/c1-12(2)7-16(21(32)33)26-19(30)11-24-17(28)9-23-18(29)10-25-20(31)15(22)8-13-3-5-14(27)6-4-13/h3-6,12,15-16,27H,7-11,22H2,1-2H3,(H,23,29)(H,24,28)(H,25,31)(H,26,30)(H,32,33)/t15-,16-/m0/s1. The second-order valence-electron chi connectivity index (χ2n) is 7.84. The number of aliphatic carboxylic acids is 1. The van der Waals surface area contributed by atoms with Crippen LogP contribution >= 0.6 is 0 Å². The summed E-state index contributed by atoms with van der Waals surface area (Å²) in [5, 5.41) is 27.6. The number of phenolic OH excluding ortho intramolecular Hbond substituents is 1. The third kappa shape index (κ3) is 11.5. The van der Waals surface area contributed by atoms with Crippen molar-refractivity contribution in [3.8, 4) is 5.75 Å². The lowest BCUT2D eigenvalue weighted by Crippen LogP contribution is -2.49. The highest BCUT2D eigenvalue weighted by molar-refractivity contribution is 5.91. The molecule has 0 heterocycles. The number of carboxylic acids is 1. The number of hydrogen-bond donors (Lipinski definition) is 7. The van der Waals surface area contributed by atoms with Gasteiger partial charge in [-0.15, -0.1) is 0 Å². The van der Waals surface area contributed by atoms with Gasteiger partial charge in [0.25, 0.3) is 0 Å². The van der Waals surface area contributed by atoms with Gasteiger partial charge in [-0.25, -0.2) is 4.79 Å². The van der Waals surface area contributed by atoms with Gasteiger partial charge in [0.2, 0.25) is 23.6 Å². The molecule has 2 atom stereocenters. The average Bonchev–Trinajstić information content (AvgIpc) is 2.75. The SMILES string of the molecule is CC(C)C[C@H](NC(=O)CNC(=O)CNC(=O)CNC(=O)[C@@H](N)Cc1ccc(O)cc1)C(=O)O. The van der Waals surface area contributed by atoms with Gasteiger partial charge in [-0.1, -0.05) is 26.0 Å². The van der Waals surface area contributed by atoms with Crippen molar-refractivity contribution in [3.05, 3.63) is 29.8 Å². The first kappa shape index (κ1) is 27.4. The van der Waals surface area contributed by atoms with Gasteiger partial charge in [-0.3, -0.25) is 19.2 Å². The topological polar surface area (TPSA) is 200 Å². The number of carbonyl (C=O) groups is 5. The predicted molar refractivity (Wildman–Crippen MR) is 118 cm³/mol. The molecule has 0 fully saturated rings. The van der Waals surface area contributed by atoms with E-state index in [0.717, 1.165) is 5.56 Å². The molecule has 1 aromatic carbocycles. The molecule has 0 saturated carbocycles. The number of carbonyl (C=O) groups excluding carboxylic acids is 4. The molecule has 182 valence electrons. The quantitative estimate of drug-likeness (QED) is 0.177. The highest BCUT2D eigenvalue weighted by Crippen LogP contribution is 2.10. The minimum absolute atomic E-state index is 0.0547. The number of nitrogens with two attached hydrogens (primary N) is 1. The molecular formula is C21H31N5O7. The fraction of sp³-hybridized carbons (Fsp3) is 0.476. The number of amides is 4. The molecule has 4 amide bonds. The van der Waals surface area contributed by atoms with E-state index in [0.29, 0.717) is 0 Å². The highest BCUT2D eigenvalue weighted by Gasteiger charge is 2.21. The van der Waals surface area contributed by atoms with Crippen molar-refractivity contribution in [2.45, 2.75) is 38.8 Å². The van der Waals surface area contributed by atoms with Crippen LogP contribution in [0.1, 0.15) is 25.8 Å². The van der Waals surface area contributed by atoms with Crippen LogP contribution in [0.15, 0.2) is 24.3 Å². The molecule has 0 aliphatic rings. The Balaban J connectivity index is 2.28. The number of phenols is 1. The number of aromatic hydroxyl groups is 1. The Labute approximate surface area is 191 Å². The van der Waals surface area contributed by atoms with Crippen LogP contribution in [0.3, 0.4) is 0 Å². The van der Waals surface area contributed by atoms with E-state index in [1.807, 2.05) is 13.8 Å². The maximum Gasteiger partial charge on any atom is 0.326 e. The van der Waals surface area contributed by atoms with Gasteiger partial charge in [-0.2, -0.15) is 0 Å². The van der Waals surface area contributed by atoms with Gasteiger partial charge in [0.1, 0.15) is 11.8 Å². The fourth-order valence-corrected chi connectivity index (χ4v) is 2.70. The van der Waals surface area contributed by atoms with Crippen LogP contribution in [0.5, 0.6) is 5.75 Å². The van der Waals surface area contributed by atoms with Gasteiger partial charge < -0.3 is 37.2 Å². The third-order valence-electron chi connectivity index (χ3n) is 4.38. The van der Waals surface area contributed by atoms with E-state index in [1.165, 1.54) is 12.1 Å². The van der Waals surface area contributed by atoms with Gasteiger partial charge in [-0.05, 0) is 36.5 Å². The lowest BCUT2D eigenvalue weighted by Gasteiger charge is -2.16. The molecule has 0 aliphatic heterocycles. The van der Waals surface area contributed by atoms with Gasteiger partial charge in [0, 0.05) is 0 Å². The van der Waals surface area contributed by atoms with Gasteiger partial charge >= 0.3 is 5.97 Å². The summed E-state index contributed by atoms with van der Waals surface area (Å²) < 4.78 is 0. The fourth-order valence-electron chi connectivity index (χ4n) is 2.70. The molecule has 8 N–H and O–H groups in total. The summed E-state index contributed by atoms with van der Waals surface area (Å²) in [7, 11) is 0. The Kier molecular flexibility index (Phi) is 11.3. The van der Waals surface area contributed by atoms with Crippen LogP contribution in [0, 0.1) is 5.92 Å². The molecule has 0 spiro atoms. The minimum Gasteiger partial charge on any atom is -0.508 e. The number of benzene rings is 1. The predicted octanol–water partition coefficient (Wildman–Crippen LogP) is -1.77. The summed E-state index contributed by atoms with van der Waals surface area (Å²) in [6.45, 7) is 2.36. The Hall–Kier alpha value is -3.67. The van der Waals surface area contributed by atoms with E-state index in [-0.39, 0.29) is 24.5 Å². The molecule has 12 nitrogen and oxygen atoms in total. The Morgan fingerprint density at radius 1 is 0.879 bits per heavy atom. The molecule has 1 aromatic rings. The zero-order chi connectivity index (χ0) is 25.0. The van der Waals surface area contributed by atoms with Crippen molar-refractivity contribution in [2.24, 2.45) is 11.7 Å². The van der Waals surface area contributed by atoms with E-state index >= 15 is 0 Å². The monoisotopic (exact) mass is 465 g/mol. The van der Waals surface area contributed by atoms with Crippen molar-refractivity contribution in [3.63, 3.8) is 0 Å². The van der Waals surface area contributed by atoms with Crippen molar-refractivity contribution in [1.29, 1.82) is 0 Å². The molecule has 12 heteroatoms. The van der Waals surface area contributed by atoms with Crippen molar-refractivity contribution in [2.75, 3.05) is 19.6 Å². The summed E-state index contributed by atoms with van der Waals surface area (Å²) in [6, 6.07) is 4.23. The summed E-state index contributed by atoms with van der Waals surface area (Å²) in [6.07, 6.45) is 0.452. The summed E-state index contributed by atoms with van der Waals surface area (Å²) >= 11 is 0. The smallest absolute Gasteiger partial charge is 0.326 e. The number of carboxylic acid groups (broad SMARTS) is 1. The molecule has 0 bridgehead atoms. The molecule has 0 radical (unpaired) electrons. The Morgan fingerprint density at radius 2 is 1.39 bits per heavy atom. The summed E-state index contributed by atoms with van der Waals surface area (Å²) in [5.74, 6) is -3.55. The lowest BCUT2D eigenvalue weighted by molar-refractivity contribution is -0.142. The minimum atomic E-state index is -1.17. The van der Waals surface area contributed by atoms with E-state index in [9.17, 15) is 29.1 Å². The molecular weight excluding hydrogens is 434 g/mol. The zero-order valence-electron chi connectivity index (χ0n) is 18.6. The van der Waals surface area contributed by atoms with Crippen molar-refractivity contribution < 1.29 is 34.2 Å². The second-order valence-corrected chi connectivity index (χ2v) is 7.84. The van der Waals surface area contributed by atoms with Crippen molar-refractivity contribution >= 4 is 29.6 Å². The zero-order valence-corrected chi connectivity index (χ0v) is 18.6. The average molecular weight is 466 g/mol. The lowest BCUT2D eigenvalue weighted by atomic mass is 10.0. The second kappa shape index (κ2) is 13.7. The maximum absolute atomic E-state index is 12.0. The number of hydrogen-bond acceptors (Lipinski definition) is 7. The van der Waals surface area contributed by atoms with Crippen molar-refractivity contribution in [1.82, 2.24) is 21.3 Å². The van der Waals surface area contributed by atoms with E-state index in [4.69, 9.17) is 10.8 Å². The molecule has 0 aliphatic carbocycles. The molecule has 0 aromatic heterocycles. The van der Waals surface area contributed by atoms with Gasteiger partial charge in [0.15, 0.2) is 0 Å². The van der Waals surface area contributed by atoms with Crippen LogP contribution in [-0.4, -0.2) is 71.5 Å². The van der Waals surface area contributed by atoms with Crippen LogP contribution in [0.2, 0.25) is 0 Å². The van der Waals surface area contributed by atoms with Gasteiger partial charge in [0.05, 0.1) is 25.7 Å². The van der Waals surface area contributed by atoms with Crippen LogP contribution in [0.25, 0.3) is 0 Å². The molecule has 33 heavy (non-hydrogen) atoms. The normalized spacial score (nSPS) is 12.4. The molecule has 1 rings (SSSR count). The van der Waals surface area contributed by atoms with Crippen LogP contribution in [-0.2, 0) is 30.4 Å². The van der Waals surface area contributed by atoms with Crippen LogP contribution < -0.4 is 27.0 Å². The number of rotatable bonds is 13. The third-order valence-corrected chi connectivity index (χ3v) is 4.38. The Morgan fingerprint density at radius 3 is 1.91 bits per heavy atom. The first-order chi connectivity index (χ1) is 15.5. The first-order valence-electron chi connectivity index (χ1n) is 10.3. The molecule has 0 saturated heterocycles. The first-order valence-corrected chi connectivity index (χ1v) is 10.3.